The van der Waals surface area contributed by atoms with E-state index in [1.54, 1.807) is 21.3 Å². The average Bonchev–Trinajstić information content (AvgIpc) is 2.92. The summed E-state index contributed by atoms with van der Waals surface area (Å²) in [6.45, 7) is 4.33. The molecule has 0 spiro atoms. The molecule has 2 amide bonds. The van der Waals surface area contributed by atoms with Gasteiger partial charge in [0.1, 0.15) is 6.04 Å². The zero-order valence-corrected chi connectivity index (χ0v) is 21.2. The van der Waals surface area contributed by atoms with Gasteiger partial charge in [-0.1, -0.05) is 6.07 Å². The zero-order chi connectivity index (χ0) is 25.2. The van der Waals surface area contributed by atoms with Crippen molar-refractivity contribution in [2.45, 2.75) is 31.8 Å². The number of carbonyl (C=O) groups is 2. The smallest absolute Gasteiger partial charge is 0.254 e. The van der Waals surface area contributed by atoms with Crippen molar-refractivity contribution in [1.82, 2.24) is 9.80 Å². The van der Waals surface area contributed by atoms with Gasteiger partial charge in [0.05, 0.1) is 32.7 Å². The molecule has 0 aromatic heterocycles. The summed E-state index contributed by atoms with van der Waals surface area (Å²) in [7, 11) is 4.84. The predicted molar refractivity (Wildman–Crippen MR) is 137 cm³/mol. The second-order valence-electron chi connectivity index (χ2n) is 9.49. The van der Waals surface area contributed by atoms with E-state index in [0.29, 0.717) is 42.4 Å². The number of rotatable bonds is 6. The minimum Gasteiger partial charge on any atom is -0.493 e. The largest absolute Gasteiger partial charge is 0.493 e. The van der Waals surface area contributed by atoms with Crippen molar-refractivity contribution in [3.63, 3.8) is 0 Å². The summed E-state index contributed by atoms with van der Waals surface area (Å²) in [4.78, 5) is 32.3. The normalized spacial score (nSPS) is 19.8. The van der Waals surface area contributed by atoms with Gasteiger partial charge in [-0.25, -0.2) is 0 Å². The number of nitrogens with zero attached hydrogens (tertiary/aromatic N) is 3. The van der Waals surface area contributed by atoms with Crippen LogP contribution in [0.1, 0.15) is 35.2 Å². The second kappa shape index (κ2) is 10.3. The summed E-state index contributed by atoms with van der Waals surface area (Å²) >= 11 is 0. The molecule has 192 valence electrons. The molecule has 0 saturated carbocycles. The van der Waals surface area contributed by atoms with Crippen molar-refractivity contribution in [1.29, 1.82) is 0 Å². The predicted octanol–water partition coefficient (Wildman–Crippen LogP) is 2.98. The van der Waals surface area contributed by atoms with Gasteiger partial charge in [0.2, 0.25) is 11.7 Å². The number of amides is 2. The number of nitrogens with one attached hydrogen (secondary N) is 1. The highest BCUT2D eigenvalue weighted by molar-refractivity contribution is 6.05. The summed E-state index contributed by atoms with van der Waals surface area (Å²) in [6, 6.07) is 9.50. The van der Waals surface area contributed by atoms with E-state index >= 15 is 0 Å². The van der Waals surface area contributed by atoms with Crippen LogP contribution in [0.15, 0.2) is 30.3 Å². The molecule has 0 radical (unpaired) electrons. The third kappa shape index (κ3) is 4.43. The van der Waals surface area contributed by atoms with E-state index in [4.69, 9.17) is 14.2 Å². The molecule has 0 aliphatic carbocycles. The number of anilines is 2. The van der Waals surface area contributed by atoms with Gasteiger partial charge in [0, 0.05) is 50.4 Å². The van der Waals surface area contributed by atoms with E-state index in [-0.39, 0.29) is 17.9 Å². The first-order chi connectivity index (χ1) is 17.5. The first kappa shape index (κ1) is 24.2. The Balaban J connectivity index is 1.24. The summed E-state index contributed by atoms with van der Waals surface area (Å²) in [5.41, 5.74) is 3.38. The summed E-state index contributed by atoms with van der Waals surface area (Å²) in [5.74, 6) is 1.91. The minimum absolute atomic E-state index is 0.00355. The molecule has 3 aliphatic rings. The molecule has 0 bridgehead atoms. The molecule has 1 N–H and O–H groups in total. The molecule has 2 aromatic rings. The monoisotopic (exact) mass is 494 g/mol. The Hall–Kier alpha value is -3.46. The van der Waals surface area contributed by atoms with Gasteiger partial charge in [-0.05, 0) is 43.5 Å². The van der Waals surface area contributed by atoms with Crippen LogP contribution >= 0.6 is 0 Å². The van der Waals surface area contributed by atoms with Crippen LogP contribution < -0.4 is 24.4 Å². The number of ether oxygens (including phenoxy) is 3. The lowest BCUT2D eigenvalue weighted by Gasteiger charge is -2.41. The van der Waals surface area contributed by atoms with Crippen LogP contribution in [0, 0.1) is 0 Å². The number of hydrogen-bond donors (Lipinski definition) is 1. The maximum absolute atomic E-state index is 13.3. The van der Waals surface area contributed by atoms with Crippen LogP contribution in [-0.2, 0) is 11.3 Å². The quantitative estimate of drug-likeness (QED) is 0.661. The van der Waals surface area contributed by atoms with Crippen LogP contribution in [0.3, 0.4) is 0 Å². The molecular formula is C27H34N4O5. The molecule has 0 unspecified atom stereocenters. The van der Waals surface area contributed by atoms with Gasteiger partial charge in [-0.2, -0.15) is 0 Å². The van der Waals surface area contributed by atoms with Crippen LogP contribution in [0.5, 0.6) is 17.2 Å². The topological polar surface area (TPSA) is 83.6 Å². The number of fused-ring (bicyclic) bond motifs is 3. The van der Waals surface area contributed by atoms with Gasteiger partial charge >= 0.3 is 0 Å². The zero-order valence-electron chi connectivity index (χ0n) is 21.2. The number of piperazine rings is 1. The Morgan fingerprint density at radius 3 is 2.44 bits per heavy atom. The van der Waals surface area contributed by atoms with Crippen molar-refractivity contribution in [3.8, 4) is 17.2 Å². The number of carbonyl (C=O) groups excluding carboxylic acids is 2. The first-order valence-corrected chi connectivity index (χ1v) is 12.5. The Kier molecular flexibility index (Phi) is 6.91. The lowest BCUT2D eigenvalue weighted by molar-refractivity contribution is -0.118. The van der Waals surface area contributed by atoms with E-state index < -0.39 is 0 Å². The SMILES string of the molecule is COc1ccc(CN2CCN(C(=O)c3ccc4c(c3)NC(=O)[C@@H]3CCCCN43)CC2)c(OC)c1OC. The van der Waals surface area contributed by atoms with Crippen molar-refractivity contribution in [2.75, 3.05) is 64.3 Å². The number of hydrogen-bond acceptors (Lipinski definition) is 7. The average molecular weight is 495 g/mol. The molecule has 36 heavy (non-hydrogen) atoms. The third-order valence-corrected chi connectivity index (χ3v) is 7.46. The minimum atomic E-state index is -0.0924. The fraction of sp³-hybridized carbons (Fsp3) is 0.481. The molecule has 5 rings (SSSR count). The fourth-order valence-electron chi connectivity index (χ4n) is 5.55. The van der Waals surface area contributed by atoms with E-state index in [1.807, 2.05) is 35.2 Å². The molecule has 9 nitrogen and oxygen atoms in total. The number of methoxy groups -OCH3 is 3. The van der Waals surface area contributed by atoms with Crippen LogP contribution in [0.4, 0.5) is 11.4 Å². The Morgan fingerprint density at radius 2 is 1.72 bits per heavy atom. The maximum Gasteiger partial charge on any atom is 0.254 e. The molecule has 2 fully saturated rings. The molecule has 9 heteroatoms. The fourth-order valence-corrected chi connectivity index (χ4v) is 5.55. The lowest BCUT2D eigenvalue weighted by Crippen LogP contribution is -2.50. The van der Waals surface area contributed by atoms with E-state index in [1.165, 1.54) is 0 Å². The van der Waals surface area contributed by atoms with Gasteiger partial charge in [-0.3, -0.25) is 14.5 Å². The van der Waals surface area contributed by atoms with Crippen molar-refractivity contribution in [3.05, 3.63) is 41.5 Å². The van der Waals surface area contributed by atoms with Crippen molar-refractivity contribution >= 4 is 23.2 Å². The van der Waals surface area contributed by atoms with Gasteiger partial charge in [0.25, 0.3) is 5.91 Å². The van der Waals surface area contributed by atoms with Crippen molar-refractivity contribution < 1.29 is 23.8 Å². The van der Waals surface area contributed by atoms with E-state index in [0.717, 1.165) is 55.8 Å². The number of piperidine rings is 1. The highest BCUT2D eigenvalue weighted by Crippen LogP contribution is 2.40. The molecule has 1 atom stereocenters. The van der Waals surface area contributed by atoms with E-state index in [2.05, 4.69) is 15.1 Å². The highest BCUT2D eigenvalue weighted by atomic mass is 16.5. The molecule has 3 aliphatic heterocycles. The van der Waals surface area contributed by atoms with Crippen LogP contribution in [0.25, 0.3) is 0 Å². The van der Waals surface area contributed by atoms with Crippen LogP contribution in [0.2, 0.25) is 0 Å². The summed E-state index contributed by atoms with van der Waals surface area (Å²) < 4.78 is 16.5. The maximum atomic E-state index is 13.3. The molecular weight excluding hydrogens is 460 g/mol. The summed E-state index contributed by atoms with van der Waals surface area (Å²) in [6.07, 6.45) is 3.04. The van der Waals surface area contributed by atoms with Gasteiger partial charge < -0.3 is 29.3 Å². The van der Waals surface area contributed by atoms with Crippen LogP contribution in [-0.4, -0.2) is 81.7 Å². The Labute approximate surface area is 211 Å². The van der Waals surface area contributed by atoms with E-state index in [9.17, 15) is 9.59 Å². The van der Waals surface area contributed by atoms with Gasteiger partial charge in [-0.15, -0.1) is 0 Å². The highest BCUT2D eigenvalue weighted by Gasteiger charge is 2.35. The lowest BCUT2D eigenvalue weighted by atomic mass is 9.96. The van der Waals surface area contributed by atoms with Crippen molar-refractivity contribution in [2.24, 2.45) is 0 Å². The third-order valence-electron chi connectivity index (χ3n) is 7.46. The molecule has 2 aromatic carbocycles. The first-order valence-electron chi connectivity index (χ1n) is 12.5. The standard InChI is InChI=1S/C27H34N4O5/c1-34-23-10-8-19(24(35-2)25(23)36-3)17-29-12-14-30(15-13-29)27(33)18-7-9-21-20(16-18)28-26(32)22-6-4-5-11-31(21)22/h7-10,16,22H,4-6,11-15,17H2,1-3H3,(H,28,32)/t22-/m0/s1. The Bertz CT molecular complexity index is 1150. The molecule has 2 saturated heterocycles. The second-order valence-corrected chi connectivity index (χ2v) is 9.49. The van der Waals surface area contributed by atoms with Gasteiger partial charge in [0.15, 0.2) is 11.5 Å². The Morgan fingerprint density at radius 1 is 0.944 bits per heavy atom. The molecule has 3 heterocycles. The number of benzene rings is 2. The summed E-state index contributed by atoms with van der Waals surface area (Å²) in [5, 5.41) is 3.03.